The zero-order chi connectivity index (χ0) is 17.3. The summed E-state index contributed by atoms with van der Waals surface area (Å²) in [6.45, 7) is 6.48. The zero-order valence-corrected chi connectivity index (χ0v) is 15.2. The number of benzene rings is 1. The van der Waals surface area contributed by atoms with Gasteiger partial charge in [-0.15, -0.1) is 0 Å². The average Bonchev–Trinajstić information content (AvgIpc) is 3.02. The second kappa shape index (κ2) is 6.83. The molecule has 1 unspecified atom stereocenters. The minimum Gasteiger partial charge on any atom is -0.489 e. The maximum absolute atomic E-state index is 13.2. The van der Waals surface area contributed by atoms with Crippen molar-refractivity contribution in [1.82, 2.24) is 9.80 Å². The highest BCUT2D eigenvalue weighted by Crippen LogP contribution is 2.39. The highest BCUT2D eigenvalue weighted by Gasteiger charge is 2.50. The number of para-hydroxylation sites is 1. The molecule has 1 aromatic carbocycles. The fourth-order valence-electron chi connectivity index (χ4n) is 4.74. The largest absolute Gasteiger partial charge is 0.489 e. The van der Waals surface area contributed by atoms with Crippen LogP contribution in [-0.4, -0.2) is 54.0 Å². The van der Waals surface area contributed by atoms with Crippen LogP contribution in [0.3, 0.4) is 0 Å². The molecule has 4 rings (SSSR count). The highest BCUT2D eigenvalue weighted by atomic mass is 16.5. The molecule has 0 aliphatic carbocycles. The van der Waals surface area contributed by atoms with Crippen LogP contribution in [0.15, 0.2) is 29.8 Å². The number of piperidine rings is 1. The zero-order valence-electron chi connectivity index (χ0n) is 15.2. The van der Waals surface area contributed by atoms with Crippen molar-refractivity contribution >= 4 is 12.0 Å². The van der Waals surface area contributed by atoms with Crippen molar-refractivity contribution < 1.29 is 9.53 Å². The molecule has 3 aliphatic heterocycles. The van der Waals surface area contributed by atoms with E-state index < -0.39 is 0 Å². The molecule has 4 heteroatoms. The summed E-state index contributed by atoms with van der Waals surface area (Å²) in [5.74, 6) is 1.33. The first kappa shape index (κ1) is 16.6. The van der Waals surface area contributed by atoms with Crippen molar-refractivity contribution in [2.24, 2.45) is 0 Å². The molecule has 4 nitrogen and oxygen atoms in total. The van der Waals surface area contributed by atoms with Gasteiger partial charge < -0.3 is 9.64 Å². The van der Waals surface area contributed by atoms with Crippen molar-refractivity contribution in [3.63, 3.8) is 0 Å². The molecule has 25 heavy (non-hydrogen) atoms. The van der Waals surface area contributed by atoms with Gasteiger partial charge in [0.25, 0.3) is 0 Å². The van der Waals surface area contributed by atoms with E-state index in [1.807, 2.05) is 18.2 Å². The van der Waals surface area contributed by atoms with E-state index in [-0.39, 0.29) is 5.54 Å². The number of amides is 1. The summed E-state index contributed by atoms with van der Waals surface area (Å²) in [6.07, 6.45) is 7.56. The normalized spacial score (nSPS) is 26.5. The van der Waals surface area contributed by atoms with Gasteiger partial charge >= 0.3 is 0 Å². The maximum atomic E-state index is 13.2. The number of nitrogens with zero attached hydrogens (tertiary/aromatic N) is 2. The molecule has 1 amide bonds. The number of fused-ring (bicyclic) bond motifs is 1. The second-order valence-corrected chi connectivity index (χ2v) is 7.58. The lowest BCUT2D eigenvalue weighted by molar-refractivity contribution is -0.147. The summed E-state index contributed by atoms with van der Waals surface area (Å²) in [7, 11) is 0. The van der Waals surface area contributed by atoms with Gasteiger partial charge in [0.1, 0.15) is 17.9 Å². The van der Waals surface area contributed by atoms with Crippen LogP contribution >= 0.6 is 0 Å². The SMILES string of the molecule is CCCN1CCCC2(CCCN2CC2=Cc3ccccc3OC2)C1=O. The Morgan fingerprint density at radius 3 is 2.80 bits per heavy atom. The molecule has 2 fully saturated rings. The van der Waals surface area contributed by atoms with Crippen LogP contribution < -0.4 is 4.74 Å². The summed E-state index contributed by atoms with van der Waals surface area (Å²) in [5, 5.41) is 0. The number of hydrogen-bond donors (Lipinski definition) is 0. The Balaban J connectivity index is 1.54. The lowest BCUT2D eigenvalue weighted by Gasteiger charge is -2.45. The molecular weight excluding hydrogens is 312 g/mol. The van der Waals surface area contributed by atoms with Gasteiger partial charge in [0.05, 0.1) is 0 Å². The molecule has 1 atom stereocenters. The van der Waals surface area contributed by atoms with E-state index >= 15 is 0 Å². The molecule has 0 radical (unpaired) electrons. The van der Waals surface area contributed by atoms with E-state index in [0.29, 0.717) is 12.5 Å². The lowest BCUT2D eigenvalue weighted by atomic mass is 9.85. The van der Waals surface area contributed by atoms with Crippen molar-refractivity contribution in [3.8, 4) is 5.75 Å². The Kier molecular flexibility index (Phi) is 4.55. The smallest absolute Gasteiger partial charge is 0.243 e. The van der Waals surface area contributed by atoms with Gasteiger partial charge in [0.2, 0.25) is 5.91 Å². The van der Waals surface area contributed by atoms with Gasteiger partial charge in [0, 0.05) is 25.2 Å². The van der Waals surface area contributed by atoms with Crippen molar-refractivity contribution in [1.29, 1.82) is 0 Å². The van der Waals surface area contributed by atoms with Crippen LogP contribution in [0.1, 0.15) is 44.6 Å². The first-order valence-electron chi connectivity index (χ1n) is 9.69. The Bertz CT molecular complexity index is 682. The fourth-order valence-corrected chi connectivity index (χ4v) is 4.74. The second-order valence-electron chi connectivity index (χ2n) is 7.58. The Morgan fingerprint density at radius 2 is 1.96 bits per heavy atom. The van der Waals surface area contributed by atoms with Crippen LogP contribution in [0, 0.1) is 0 Å². The van der Waals surface area contributed by atoms with Gasteiger partial charge in [-0.3, -0.25) is 9.69 Å². The highest BCUT2D eigenvalue weighted by molar-refractivity contribution is 5.87. The topological polar surface area (TPSA) is 32.8 Å². The lowest BCUT2D eigenvalue weighted by Crippen LogP contribution is -2.60. The Morgan fingerprint density at radius 1 is 1.16 bits per heavy atom. The first-order chi connectivity index (χ1) is 12.2. The first-order valence-corrected chi connectivity index (χ1v) is 9.69. The number of likely N-dealkylation sites (tertiary alicyclic amines) is 2. The molecule has 2 saturated heterocycles. The molecule has 0 N–H and O–H groups in total. The molecule has 134 valence electrons. The third-order valence-electron chi connectivity index (χ3n) is 5.91. The number of ether oxygens (including phenoxy) is 1. The van der Waals surface area contributed by atoms with Gasteiger partial charge in [-0.25, -0.2) is 0 Å². The minimum absolute atomic E-state index is 0.259. The average molecular weight is 340 g/mol. The van der Waals surface area contributed by atoms with Crippen LogP contribution in [0.2, 0.25) is 0 Å². The molecule has 3 aliphatic rings. The number of hydrogen-bond acceptors (Lipinski definition) is 3. The summed E-state index contributed by atoms with van der Waals surface area (Å²) in [4.78, 5) is 17.8. The van der Waals surface area contributed by atoms with Crippen LogP contribution in [0.5, 0.6) is 5.75 Å². The van der Waals surface area contributed by atoms with Crippen molar-refractivity contribution in [2.45, 2.75) is 44.6 Å². The molecule has 0 saturated carbocycles. The van der Waals surface area contributed by atoms with Gasteiger partial charge in [-0.05, 0) is 56.4 Å². The van der Waals surface area contributed by atoms with E-state index in [1.54, 1.807) is 0 Å². The molecule has 0 bridgehead atoms. The Labute approximate surface area is 150 Å². The molecule has 1 spiro atoms. The summed E-state index contributed by atoms with van der Waals surface area (Å²) in [5.41, 5.74) is 2.17. The van der Waals surface area contributed by atoms with Gasteiger partial charge in [-0.1, -0.05) is 25.1 Å². The number of carbonyl (C=O) groups is 1. The number of carbonyl (C=O) groups excluding carboxylic acids is 1. The van der Waals surface area contributed by atoms with E-state index in [1.165, 1.54) is 5.57 Å². The molecular formula is C21H28N2O2. The summed E-state index contributed by atoms with van der Waals surface area (Å²) >= 11 is 0. The monoisotopic (exact) mass is 340 g/mol. The van der Waals surface area contributed by atoms with Gasteiger partial charge in [-0.2, -0.15) is 0 Å². The van der Waals surface area contributed by atoms with Crippen LogP contribution in [-0.2, 0) is 4.79 Å². The van der Waals surface area contributed by atoms with Gasteiger partial charge in [0.15, 0.2) is 0 Å². The molecule has 1 aromatic rings. The predicted octanol–water partition coefficient (Wildman–Crippen LogP) is 3.33. The number of rotatable bonds is 4. The fraction of sp³-hybridized carbons (Fsp3) is 0.571. The predicted molar refractivity (Wildman–Crippen MR) is 99.6 cm³/mol. The van der Waals surface area contributed by atoms with Crippen molar-refractivity contribution in [2.75, 3.05) is 32.8 Å². The third-order valence-corrected chi connectivity index (χ3v) is 5.91. The van der Waals surface area contributed by atoms with E-state index in [4.69, 9.17) is 4.74 Å². The van der Waals surface area contributed by atoms with Crippen molar-refractivity contribution in [3.05, 3.63) is 35.4 Å². The van der Waals surface area contributed by atoms with E-state index in [2.05, 4.69) is 28.9 Å². The van der Waals surface area contributed by atoms with E-state index in [9.17, 15) is 4.79 Å². The van der Waals surface area contributed by atoms with Crippen LogP contribution in [0.25, 0.3) is 6.08 Å². The molecule has 0 aromatic heterocycles. The quantitative estimate of drug-likeness (QED) is 0.843. The maximum Gasteiger partial charge on any atom is 0.243 e. The summed E-state index contributed by atoms with van der Waals surface area (Å²) in [6, 6.07) is 8.18. The standard InChI is InChI=1S/C21H28N2O2/c1-2-11-22-12-5-9-21(20(22)24)10-6-13-23(21)15-17-14-18-7-3-4-8-19(18)25-16-17/h3-4,7-8,14H,2,5-6,9-13,15-16H2,1H3. The minimum atomic E-state index is -0.259. The molecule has 3 heterocycles. The summed E-state index contributed by atoms with van der Waals surface area (Å²) < 4.78 is 5.92. The Hall–Kier alpha value is -1.81. The van der Waals surface area contributed by atoms with E-state index in [0.717, 1.165) is 69.6 Å². The van der Waals surface area contributed by atoms with Crippen LogP contribution in [0.4, 0.5) is 0 Å². The third kappa shape index (κ3) is 2.97.